The zero-order chi connectivity index (χ0) is 13.9. The number of aromatic carboxylic acids is 1. The van der Waals surface area contributed by atoms with Crippen molar-refractivity contribution in [3.05, 3.63) is 54.5 Å². The summed E-state index contributed by atoms with van der Waals surface area (Å²) in [6, 6.07) is 10.7. The number of carboxylic acids is 1. The number of para-hydroxylation sites is 1. The molecule has 3 aromatic rings. The van der Waals surface area contributed by atoms with E-state index in [0.29, 0.717) is 5.75 Å². The van der Waals surface area contributed by atoms with Crippen molar-refractivity contribution in [2.75, 3.05) is 0 Å². The van der Waals surface area contributed by atoms with Gasteiger partial charge in [0.2, 0.25) is 0 Å². The number of hydrogen-bond donors (Lipinski definition) is 1. The molecule has 0 atom stereocenters. The van der Waals surface area contributed by atoms with Crippen LogP contribution in [0.2, 0.25) is 0 Å². The molecule has 2 aromatic heterocycles. The smallest absolute Gasteiger partial charge is 0.354 e. The second-order valence-electron chi connectivity index (χ2n) is 4.00. The summed E-state index contributed by atoms with van der Waals surface area (Å²) < 4.78 is 5.43. The summed E-state index contributed by atoms with van der Waals surface area (Å²) in [7, 11) is 0. The molecular weight excluding hydrogens is 258 g/mol. The van der Waals surface area contributed by atoms with Crippen LogP contribution in [-0.4, -0.2) is 26.0 Å². The first-order chi connectivity index (χ1) is 9.72. The van der Waals surface area contributed by atoms with Crippen molar-refractivity contribution in [1.82, 2.24) is 15.0 Å². The Bertz CT molecular complexity index is 789. The largest absolute Gasteiger partial charge is 0.477 e. The fraction of sp³-hybridized carbons (Fsp3) is 0. The highest BCUT2D eigenvalue weighted by molar-refractivity contribution is 5.85. The Kier molecular flexibility index (Phi) is 2.96. The van der Waals surface area contributed by atoms with Gasteiger partial charge in [-0.3, -0.25) is 4.98 Å². The van der Waals surface area contributed by atoms with Crippen molar-refractivity contribution in [3.63, 3.8) is 0 Å². The van der Waals surface area contributed by atoms with Gasteiger partial charge < -0.3 is 9.84 Å². The molecule has 1 N–H and O–H groups in total. The molecule has 98 valence electrons. The summed E-state index contributed by atoms with van der Waals surface area (Å²) in [5.41, 5.74) is 0.726. The van der Waals surface area contributed by atoms with Crippen LogP contribution in [0.4, 0.5) is 0 Å². The maximum Gasteiger partial charge on any atom is 0.354 e. The number of aromatic nitrogens is 3. The van der Waals surface area contributed by atoms with E-state index in [0.717, 1.165) is 10.9 Å². The van der Waals surface area contributed by atoms with Crippen LogP contribution in [-0.2, 0) is 0 Å². The highest BCUT2D eigenvalue weighted by atomic mass is 16.5. The molecule has 0 fully saturated rings. The molecule has 0 amide bonds. The van der Waals surface area contributed by atoms with Crippen LogP contribution in [0.15, 0.2) is 48.8 Å². The van der Waals surface area contributed by atoms with E-state index in [9.17, 15) is 4.79 Å². The molecular formula is C14H9N3O3. The van der Waals surface area contributed by atoms with E-state index >= 15 is 0 Å². The van der Waals surface area contributed by atoms with Crippen LogP contribution in [0.25, 0.3) is 10.9 Å². The average Bonchev–Trinajstić information content (AvgIpc) is 2.47. The molecule has 6 heteroatoms. The maximum atomic E-state index is 10.8. The molecule has 3 rings (SSSR count). The van der Waals surface area contributed by atoms with E-state index in [-0.39, 0.29) is 11.7 Å². The van der Waals surface area contributed by atoms with Crippen molar-refractivity contribution < 1.29 is 14.6 Å². The highest BCUT2D eigenvalue weighted by Crippen LogP contribution is 2.21. The molecule has 0 aliphatic carbocycles. The fourth-order valence-corrected chi connectivity index (χ4v) is 1.72. The number of rotatable bonds is 3. The van der Waals surface area contributed by atoms with Gasteiger partial charge in [-0.2, -0.15) is 4.98 Å². The third-order valence-corrected chi connectivity index (χ3v) is 2.63. The van der Waals surface area contributed by atoms with E-state index < -0.39 is 5.97 Å². The van der Waals surface area contributed by atoms with Gasteiger partial charge in [-0.15, -0.1) is 0 Å². The lowest BCUT2D eigenvalue weighted by atomic mass is 10.2. The number of hydrogen-bond acceptors (Lipinski definition) is 5. The molecule has 0 radical (unpaired) electrons. The Morgan fingerprint density at radius 1 is 1.15 bits per heavy atom. The lowest BCUT2D eigenvalue weighted by Crippen LogP contribution is -2.02. The topological polar surface area (TPSA) is 85.2 Å². The summed E-state index contributed by atoms with van der Waals surface area (Å²) in [5, 5.41) is 9.77. The van der Waals surface area contributed by atoms with Gasteiger partial charge in [0.1, 0.15) is 5.75 Å². The van der Waals surface area contributed by atoms with Crippen LogP contribution in [0, 0.1) is 0 Å². The van der Waals surface area contributed by atoms with E-state index in [2.05, 4.69) is 15.0 Å². The van der Waals surface area contributed by atoms with Gasteiger partial charge in [0.25, 0.3) is 0 Å². The number of pyridine rings is 1. The Labute approximate surface area is 113 Å². The molecule has 20 heavy (non-hydrogen) atoms. The van der Waals surface area contributed by atoms with Crippen LogP contribution < -0.4 is 4.74 Å². The van der Waals surface area contributed by atoms with E-state index in [1.54, 1.807) is 12.3 Å². The molecule has 0 unspecified atom stereocenters. The van der Waals surface area contributed by atoms with Gasteiger partial charge in [-0.25, -0.2) is 9.78 Å². The molecule has 6 nitrogen and oxygen atoms in total. The molecule has 0 aliphatic heterocycles. The minimum Gasteiger partial charge on any atom is -0.477 e. The van der Waals surface area contributed by atoms with Gasteiger partial charge in [-0.05, 0) is 18.2 Å². The predicted molar refractivity (Wildman–Crippen MR) is 70.8 cm³/mol. The molecule has 0 saturated carbocycles. The molecule has 1 aromatic carbocycles. The van der Waals surface area contributed by atoms with Gasteiger partial charge in [0.15, 0.2) is 5.69 Å². The standard InChI is InChI=1S/C14H9N3O3/c18-13(19)12-5-6-15-14(17-12)20-10-7-9-3-1-2-4-11(9)16-8-10/h1-8H,(H,18,19). The van der Waals surface area contributed by atoms with E-state index in [1.165, 1.54) is 12.3 Å². The summed E-state index contributed by atoms with van der Waals surface area (Å²) in [6.45, 7) is 0. The zero-order valence-electron chi connectivity index (χ0n) is 10.2. The second kappa shape index (κ2) is 4.93. The normalized spacial score (nSPS) is 10.4. The van der Waals surface area contributed by atoms with Crippen LogP contribution >= 0.6 is 0 Å². The highest BCUT2D eigenvalue weighted by Gasteiger charge is 2.08. The monoisotopic (exact) mass is 267 g/mol. The number of benzene rings is 1. The lowest BCUT2D eigenvalue weighted by Gasteiger charge is -2.04. The summed E-state index contributed by atoms with van der Waals surface area (Å²) in [5.74, 6) is -0.680. The minimum absolute atomic E-state index is 0.0259. The molecule has 0 spiro atoms. The van der Waals surface area contributed by atoms with Gasteiger partial charge in [0.05, 0.1) is 11.7 Å². The quantitative estimate of drug-likeness (QED) is 0.784. The van der Waals surface area contributed by atoms with Crippen molar-refractivity contribution in [2.24, 2.45) is 0 Å². The van der Waals surface area contributed by atoms with Gasteiger partial charge in [0, 0.05) is 11.6 Å². The number of nitrogens with zero attached hydrogens (tertiary/aromatic N) is 3. The first kappa shape index (κ1) is 12.0. The minimum atomic E-state index is -1.13. The summed E-state index contributed by atoms with van der Waals surface area (Å²) in [4.78, 5) is 22.7. The Balaban J connectivity index is 1.92. The third kappa shape index (κ3) is 2.39. The van der Waals surface area contributed by atoms with Crippen molar-refractivity contribution >= 4 is 16.9 Å². The maximum absolute atomic E-state index is 10.8. The molecule has 0 bridgehead atoms. The molecule has 0 aliphatic rings. The SMILES string of the molecule is O=C(O)c1ccnc(Oc2cnc3ccccc3c2)n1. The molecule has 2 heterocycles. The summed E-state index contributed by atoms with van der Waals surface area (Å²) in [6.07, 6.45) is 2.87. The first-order valence-electron chi connectivity index (χ1n) is 5.81. The average molecular weight is 267 g/mol. The predicted octanol–water partition coefficient (Wildman–Crippen LogP) is 2.52. The van der Waals surface area contributed by atoms with Crippen molar-refractivity contribution in [1.29, 1.82) is 0 Å². The van der Waals surface area contributed by atoms with E-state index in [4.69, 9.17) is 9.84 Å². The first-order valence-corrected chi connectivity index (χ1v) is 5.81. The number of ether oxygens (including phenoxy) is 1. The Morgan fingerprint density at radius 2 is 2.00 bits per heavy atom. The Morgan fingerprint density at radius 3 is 2.85 bits per heavy atom. The van der Waals surface area contributed by atoms with Crippen LogP contribution in [0.1, 0.15) is 10.5 Å². The third-order valence-electron chi connectivity index (χ3n) is 2.63. The number of carbonyl (C=O) groups is 1. The zero-order valence-corrected chi connectivity index (χ0v) is 10.2. The fourth-order valence-electron chi connectivity index (χ4n) is 1.72. The van der Waals surface area contributed by atoms with Gasteiger partial charge in [-0.1, -0.05) is 18.2 Å². The number of carboxylic acid groups (broad SMARTS) is 1. The van der Waals surface area contributed by atoms with E-state index in [1.807, 2.05) is 24.3 Å². The number of fused-ring (bicyclic) bond motifs is 1. The van der Waals surface area contributed by atoms with Crippen molar-refractivity contribution in [3.8, 4) is 11.8 Å². The van der Waals surface area contributed by atoms with Crippen LogP contribution in [0.3, 0.4) is 0 Å². The van der Waals surface area contributed by atoms with Gasteiger partial charge >= 0.3 is 12.0 Å². The van der Waals surface area contributed by atoms with Crippen LogP contribution in [0.5, 0.6) is 11.8 Å². The van der Waals surface area contributed by atoms with Crippen molar-refractivity contribution in [2.45, 2.75) is 0 Å². The molecule has 0 saturated heterocycles. The second-order valence-corrected chi connectivity index (χ2v) is 4.00. The Hall–Kier alpha value is -3.02. The lowest BCUT2D eigenvalue weighted by molar-refractivity contribution is 0.0689. The summed E-state index contributed by atoms with van der Waals surface area (Å²) >= 11 is 0.